The zero-order valence-electron chi connectivity index (χ0n) is 18.9. The first-order valence-electron chi connectivity index (χ1n) is 11.0. The number of hydrogen-bond donors (Lipinski definition) is 1. The number of aromatic nitrogens is 1. The molecule has 33 heavy (non-hydrogen) atoms. The average molecular weight is 450 g/mol. The minimum atomic E-state index is -0.536. The fourth-order valence-corrected chi connectivity index (χ4v) is 4.72. The molecule has 2 aromatic carbocycles. The van der Waals surface area contributed by atoms with E-state index < -0.39 is 6.04 Å². The number of hydrogen-bond acceptors (Lipinski definition) is 6. The molecule has 2 aliphatic rings. The van der Waals surface area contributed by atoms with Gasteiger partial charge in [-0.05, 0) is 48.2 Å². The molecule has 0 spiro atoms. The lowest BCUT2D eigenvalue weighted by molar-refractivity contribution is -0.133. The first-order chi connectivity index (χ1) is 16.0. The van der Waals surface area contributed by atoms with Crippen LogP contribution in [0.3, 0.4) is 0 Å². The molecule has 0 saturated carbocycles. The number of methoxy groups -OCH3 is 2. The molecule has 1 N–H and O–H groups in total. The monoisotopic (exact) mass is 450 g/mol. The molecule has 0 fully saturated rings. The van der Waals surface area contributed by atoms with E-state index in [1.54, 1.807) is 25.2 Å². The van der Waals surface area contributed by atoms with Crippen molar-refractivity contribution in [3.8, 4) is 23.0 Å². The van der Waals surface area contributed by atoms with Gasteiger partial charge in [0.05, 0.1) is 25.8 Å². The summed E-state index contributed by atoms with van der Waals surface area (Å²) < 4.78 is 22.0. The van der Waals surface area contributed by atoms with Crippen molar-refractivity contribution in [3.05, 3.63) is 57.4 Å². The zero-order valence-corrected chi connectivity index (χ0v) is 18.9. The molecule has 1 aromatic heterocycles. The SMILES string of the molecule is CCCC(=O)N1CCc2cc(OC)c(OC)cc2[C@@H]1c1cc2cc3c(cc2[nH]c1=O)OCO3. The van der Waals surface area contributed by atoms with E-state index in [-0.39, 0.29) is 18.3 Å². The van der Waals surface area contributed by atoms with Crippen molar-refractivity contribution in [3.63, 3.8) is 0 Å². The number of fused-ring (bicyclic) bond motifs is 3. The summed E-state index contributed by atoms with van der Waals surface area (Å²) in [5, 5.41) is 0.810. The summed E-state index contributed by atoms with van der Waals surface area (Å²) in [4.78, 5) is 31.2. The van der Waals surface area contributed by atoms with Crippen molar-refractivity contribution in [2.45, 2.75) is 32.2 Å². The van der Waals surface area contributed by atoms with Gasteiger partial charge in [-0.15, -0.1) is 0 Å². The summed E-state index contributed by atoms with van der Waals surface area (Å²) in [7, 11) is 3.17. The zero-order chi connectivity index (χ0) is 23.1. The van der Waals surface area contributed by atoms with Gasteiger partial charge >= 0.3 is 0 Å². The number of rotatable bonds is 5. The highest BCUT2D eigenvalue weighted by atomic mass is 16.7. The predicted octanol–water partition coefficient (Wildman–Crippen LogP) is 3.55. The Hall–Kier alpha value is -3.68. The molecule has 5 rings (SSSR count). The smallest absolute Gasteiger partial charge is 0.254 e. The number of H-pyrrole nitrogens is 1. The molecule has 0 saturated heterocycles. The molecule has 8 heteroatoms. The highest BCUT2D eigenvalue weighted by Gasteiger charge is 2.34. The van der Waals surface area contributed by atoms with E-state index in [9.17, 15) is 9.59 Å². The fourth-order valence-electron chi connectivity index (χ4n) is 4.72. The Balaban J connectivity index is 1.71. The van der Waals surface area contributed by atoms with Gasteiger partial charge in [0.2, 0.25) is 12.7 Å². The van der Waals surface area contributed by atoms with Crippen LogP contribution in [0.15, 0.2) is 35.1 Å². The number of benzene rings is 2. The number of aromatic amines is 1. The minimum absolute atomic E-state index is 0.0214. The highest BCUT2D eigenvalue weighted by Crippen LogP contribution is 2.42. The fraction of sp³-hybridized carbons (Fsp3) is 0.360. The molecule has 172 valence electrons. The van der Waals surface area contributed by atoms with Crippen molar-refractivity contribution in [2.24, 2.45) is 0 Å². The number of carbonyl (C=O) groups is 1. The molecule has 0 bridgehead atoms. The number of carbonyl (C=O) groups excluding carboxylic acids is 1. The average Bonchev–Trinajstić information content (AvgIpc) is 3.28. The van der Waals surface area contributed by atoms with Gasteiger partial charge in [-0.2, -0.15) is 0 Å². The van der Waals surface area contributed by atoms with Crippen LogP contribution in [-0.2, 0) is 11.2 Å². The Morgan fingerprint density at radius 1 is 1.06 bits per heavy atom. The molecule has 3 aromatic rings. The Kier molecular flexibility index (Phi) is 5.36. The van der Waals surface area contributed by atoms with E-state index in [0.29, 0.717) is 53.5 Å². The van der Waals surface area contributed by atoms with Crippen LogP contribution in [0.4, 0.5) is 0 Å². The second-order valence-electron chi connectivity index (χ2n) is 8.24. The van der Waals surface area contributed by atoms with Crippen LogP contribution in [0.5, 0.6) is 23.0 Å². The van der Waals surface area contributed by atoms with Gasteiger partial charge < -0.3 is 28.8 Å². The van der Waals surface area contributed by atoms with Crippen LogP contribution in [0, 0.1) is 0 Å². The van der Waals surface area contributed by atoms with E-state index in [4.69, 9.17) is 18.9 Å². The first-order valence-corrected chi connectivity index (χ1v) is 11.0. The van der Waals surface area contributed by atoms with Gasteiger partial charge in [0.15, 0.2) is 23.0 Å². The van der Waals surface area contributed by atoms with Gasteiger partial charge in [-0.25, -0.2) is 0 Å². The van der Waals surface area contributed by atoms with Crippen LogP contribution in [0.1, 0.15) is 42.5 Å². The lowest BCUT2D eigenvalue weighted by Crippen LogP contribution is -2.42. The first kappa shape index (κ1) is 21.2. The van der Waals surface area contributed by atoms with E-state index in [1.807, 2.05) is 31.2 Å². The van der Waals surface area contributed by atoms with Crippen LogP contribution >= 0.6 is 0 Å². The predicted molar refractivity (Wildman–Crippen MR) is 122 cm³/mol. The number of ether oxygens (including phenoxy) is 4. The molecule has 3 heterocycles. The van der Waals surface area contributed by atoms with Crippen molar-refractivity contribution >= 4 is 16.8 Å². The van der Waals surface area contributed by atoms with Crippen LogP contribution < -0.4 is 24.5 Å². The third-order valence-electron chi connectivity index (χ3n) is 6.32. The van der Waals surface area contributed by atoms with Crippen molar-refractivity contribution in [2.75, 3.05) is 27.6 Å². The van der Waals surface area contributed by atoms with E-state index in [1.165, 1.54) is 0 Å². The minimum Gasteiger partial charge on any atom is -0.493 e. The van der Waals surface area contributed by atoms with Crippen LogP contribution in [0.2, 0.25) is 0 Å². The van der Waals surface area contributed by atoms with Gasteiger partial charge in [-0.1, -0.05) is 6.92 Å². The van der Waals surface area contributed by atoms with E-state index in [2.05, 4.69) is 4.98 Å². The normalized spacial score (nSPS) is 16.6. The van der Waals surface area contributed by atoms with Crippen molar-refractivity contribution in [1.29, 1.82) is 0 Å². The van der Waals surface area contributed by atoms with E-state index in [0.717, 1.165) is 22.9 Å². The number of amides is 1. The summed E-state index contributed by atoms with van der Waals surface area (Å²) in [6, 6.07) is 8.76. The summed E-state index contributed by atoms with van der Waals surface area (Å²) in [6.07, 6.45) is 1.83. The maximum absolute atomic E-state index is 13.3. The summed E-state index contributed by atoms with van der Waals surface area (Å²) >= 11 is 0. The summed E-state index contributed by atoms with van der Waals surface area (Å²) in [5.41, 5.74) is 2.81. The Morgan fingerprint density at radius 3 is 2.52 bits per heavy atom. The highest BCUT2D eigenvalue weighted by molar-refractivity contribution is 5.84. The molecule has 2 aliphatic heterocycles. The molecule has 0 unspecified atom stereocenters. The molecular formula is C25H26N2O6. The van der Waals surface area contributed by atoms with Gasteiger partial charge in [-0.3, -0.25) is 9.59 Å². The molecule has 1 amide bonds. The molecule has 1 atom stereocenters. The second kappa shape index (κ2) is 8.35. The number of nitrogens with one attached hydrogen (secondary N) is 1. The number of nitrogens with zero attached hydrogens (tertiary/aromatic N) is 1. The van der Waals surface area contributed by atoms with Crippen molar-refractivity contribution in [1.82, 2.24) is 9.88 Å². The van der Waals surface area contributed by atoms with Gasteiger partial charge in [0.25, 0.3) is 5.56 Å². The van der Waals surface area contributed by atoms with Gasteiger partial charge in [0, 0.05) is 30.0 Å². The second-order valence-corrected chi connectivity index (χ2v) is 8.24. The largest absolute Gasteiger partial charge is 0.493 e. The molecule has 0 radical (unpaired) electrons. The maximum Gasteiger partial charge on any atom is 0.254 e. The van der Waals surface area contributed by atoms with Crippen molar-refractivity contribution < 1.29 is 23.7 Å². The van der Waals surface area contributed by atoms with E-state index >= 15 is 0 Å². The molecular weight excluding hydrogens is 424 g/mol. The maximum atomic E-state index is 13.3. The lowest BCUT2D eigenvalue weighted by atomic mass is 9.87. The van der Waals surface area contributed by atoms with Crippen LogP contribution in [-0.4, -0.2) is 43.3 Å². The third-order valence-corrected chi connectivity index (χ3v) is 6.32. The third kappa shape index (κ3) is 3.55. The van der Waals surface area contributed by atoms with Gasteiger partial charge in [0.1, 0.15) is 0 Å². The standard InChI is InChI=1S/C25H26N2O6/c1-4-5-23(28)27-7-6-14-9-19(30-2)20(31-3)11-16(14)24(27)17-8-15-10-21-22(33-13-32-21)12-18(15)26-25(17)29/h8-12,24H,4-7,13H2,1-3H3,(H,26,29)/t24-/m1/s1. The topological polar surface area (TPSA) is 90.1 Å². The molecule has 0 aliphatic carbocycles. The summed E-state index contributed by atoms with van der Waals surface area (Å²) in [5.74, 6) is 2.45. The summed E-state index contributed by atoms with van der Waals surface area (Å²) in [6.45, 7) is 2.65. The Morgan fingerprint density at radius 2 is 1.79 bits per heavy atom. The molecule has 8 nitrogen and oxygen atoms in total. The Bertz CT molecular complexity index is 1300. The number of pyridine rings is 1. The quantitative estimate of drug-likeness (QED) is 0.640. The lowest BCUT2D eigenvalue weighted by Gasteiger charge is -2.38. The van der Waals surface area contributed by atoms with Crippen LogP contribution in [0.25, 0.3) is 10.9 Å². The Labute approximate surface area is 191 Å².